The van der Waals surface area contributed by atoms with Gasteiger partial charge >= 0.3 is 0 Å². The van der Waals surface area contributed by atoms with E-state index in [1.165, 1.54) is 4.90 Å². The SMILES string of the molecule is CCN(C)C(=O)CNC(=O)C(Cc1ccccc1)C(N)=S. The largest absolute Gasteiger partial charge is 0.393 e. The number of hydrogen-bond donors (Lipinski definition) is 2. The van der Waals surface area contributed by atoms with Crippen LogP contribution in [-0.4, -0.2) is 41.8 Å². The van der Waals surface area contributed by atoms with Crippen LogP contribution in [0.2, 0.25) is 0 Å². The predicted molar refractivity (Wildman–Crippen MR) is 86.7 cm³/mol. The molecule has 0 bridgehead atoms. The summed E-state index contributed by atoms with van der Waals surface area (Å²) in [5.74, 6) is -1.07. The first-order valence-corrected chi connectivity index (χ1v) is 7.21. The maximum Gasteiger partial charge on any atom is 0.241 e. The Bertz CT molecular complexity index is 505. The summed E-state index contributed by atoms with van der Waals surface area (Å²) >= 11 is 4.97. The van der Waals surface area contributed by atoms with Crippen molar-refractivity contribution in [3.05, 3.63) is 35.9 Å². The molecular weight excluding hydrogens is 286 g/mol. The van der Waals surface area contributed by atoms with Gasteiger partial charge in [0.25, 0.3) is 0 Å². The molecule has 2 amide bonds. The summed E-state index contributed by atoms with van der Waals surface area (Å²) < 4.78 is 0. The van der Waals surface area contributed by atoms with E-state index in [0.29, 0.717) is 13.0 Å². The zero-order valence-electron chi connectivity index (χ0n) is 12.3. The highest BCUT2D eigenvalue weighted by molar-refractivity contribution is 7.80. The van der Waals surface area contributed by atoms with Gasteiger partial charge in [0.05, 0.1) is 17.5 Å². The summed E-state index contributed by atoms with van der Waals surface area (Å²) in [6.45, 7) is 2.42. The van der Waals surface area contributed by atoms with Gasteiger partial charge in [0, 0.05) is 13.6 Å². The number of rotatable bonds is 7. The normalized spacial score (nSPS) is 11.5. The molecule has 1 unspecified atom stereocenters. The quantitative estimate of drug-likeness (QED) is 0.728. The highest BCUT2D eigenvalue weighted by Gasteiger charge is 2.22. The fourth-order valence-electron chi connectivity index (χ4n) is 1.77. The second kappa shape index (κ2) is 8.36. The molecule has 114 valence electrons. The van der Waals surface area contributed by atoms with Crippen LogP contribution >= 0.6 is 12.2 Å². The molecule has 1 rings (SSSR count). The van der Waals surface area contributed by atoms with Gasteiger partial charge in [-0.25, -0.2) is 0 Å². The van der Waals surface area contributed by atoms with Gasteiger partial charge in [-0.15, -0.1) is 0 Å². The average molecular weight is 307 g/mol. The van der Waals surface area contributed by atoms with Crippen molar-refractivity contribution in [1.29, 1.82) is 0 Å². The standard InChI is InChI=1S/C15H21N3O2S/c1-3-18(2)13(19)10-17-15(20)12(14(16)21)9-11-7-5-4-6-8-11/h4-8,12H,3,9-10H2,1-2H3,(H2,16,21)(H,17,20). The van der Waals surface area contributed by atoms with Crippen molar-refractivity contribution < 1.29 is 9.59 Å². The third-order valence-corrected chi connectivity index (χ3v) is 3.54. The Balaban J connectivity index is 2.62. The Morgan fingerprint density at radius 3 is 2.48 bits per heavy atom. The van der Waals surface area contributed by atoms with Gasteiger partial charge in [-0.05, 0) is 18.9 Å². The lowest BCUT2D eigenvalue weighted by molar-refractivity contribution is -0.132. The highest BCUT2D eigenvalue weighted by atomic mass is 32.1. The molecule has 0 saturated carbocycles. The van der Waals surface area contributed by atoms with Crippen LogP contribution in [0.4, 0.5) is 0 Å². The van der Waals surface area contributed by atoms with Crippen LogP contribution in [0.25, 0.3) is 0 Å². The Kier molecular flexibility index (Phi) is 6.81. The molecule has 6 heteroatoms. The Hall–Kier alpha value is -1.95. The maximum absolute atomic E-state index is 12.2. The van der Waals surface area contributed by atoms with Crippen LogP contribution < -0.4 is 11.1 Å². The van der Waals surface area contributed by atoms with Crippen molar-refractivity contribution in [3.63, 3.8) is 0 Å². The maximum atomic E-state index is 12.2. The van der Waals surface area contributed by atoms with E-state index in [9.17, 15) is 9.59 Å². The molecule has 1 aromatic carbocycles. The molecule has 0 radical (unpaired) electrons. The summed E-state index contributed by atoms with van der Waals surface area (Å²) in [6, 6.07) is 9.51. The number of nitrogens with one attached hydrogen (secondary N) is 1. The number of nitrogens with zero attached hydrogens (tertiary/aromatic N) is 1. The first-order valence-electron chi connectivity index (χ1n) is 6.80. The minimum atomic E-state index is -0.609. The Morgan fingerprint density at radius 2 is 1.95 bits per heavy atom. The molecule has 0 heterocycles. The van der Waals surface area contributed by atoms with Gasteiger partial charge < -0.3 is 16.0 Å². The van der Waals surface area contributed by atoms with E-state index in [4.69, 9.17) is 18.0 Å². The second-order valence-electron chi connectivity index (χ2n) is 4.77. The lowest BCUT2D eigenvalue weighted by Crippen LogP contribution is -2.44. The van der Waals surface area contributed by atoms with Gasteiger partial charge in [-0.1, -0.05) is 42.5 Å². The third-order valence-electron chi connectivity index (χ3n) is 3.26. The minimum Gasteiger partial charge on any atom is -0.393 e. The van der Waals surface area contributed by atoms with E-state index in [0.717, 1.165) is 5.56 Å². The molecule has 0 fully saturated rings. The molecule has 0 spiro atoms. The summed E-state index contributed by atoms with van der Waals surface area (Å²) in [5, 5.41) is 2.60. The number of thiocarbonyl (C=S) groups is 1. The van der Waals surface area contributed by atoms with E-state index >= 15 is 0 Å². The van der Waals surface area contributed by atoms with Crippen LogP contribution in [0.5, 0.6) is 0 Å². The molecule has 0 aromatic heterocycles. The average Bonchev–Trinajstić information content (AvgIpc) is 2.49. The highest BCUT2D eigenvalue weighted by Crippen LogP contribution is 2.09. The molecule has 21 heavy (non-hydrogen) atoms. The Labute approximate surface area is 130 Å². The number of likely N-dealkylation sites (N-methyl/N-ethyl adjacent to an activating group) is 1. The Morgan fingerprint density at radius 1 is 1.33 bits per heavy atom. The molecule has 0 aliphatic carbocycles. The molecule has 1 atom stereocenters. The number of carbonyl (C=O) groups is 2. The smallest absolute Gasteiger partial charge is 0.241 e. The van der Waals surface area contributed by atoms with E-state index in [-0.39, 0.29) is 23.3 Å². The zero-order valence-corrected chi connectivity index (χ0v) is 13.2. The van der Waals surface area contributed by atoms with E-state index in [1.54, 1.807) is 7.05 Å². The lowest BCUT2D eigenvalue weighted by Gasteiger charge is -2.18. The molecule has 3 N–H and O–H groups in total. The molecular formula is C15H21N3O2S. The van der Waals surface area contributed by atoms with Crippen LogP contribution in [0.3, 0.4) is 0 Å². The van der Waals surface area contributed by atoms with Crippen molar-refractivity contribution in [2.75, 3.05) is 20.1 Å². The fraction of sp³-hybridized carbons (Fsp3) is 0.400. The number of carbonyl (C=O) groups excluding carboxylic acids is 2. The lowest BCUT2D eigenvalue weighted by atomic mass is 9.98. The van der Waals surface area contributed by atoms with E-state index < -0.39 is 5.92 Å². The summed E-state index contributed by atoms with van der Waals surface area (Å²) in [7, 11) is 1.68. The van der Waals surface area contributed by atoms with Crippen LogP contribution in [-0.2, 0) is 16.0 Å². The van der Waals surface area contributed by atoms with Gasteiger partial charge in [-0.3, -0.25) is 9.59 Å². The monoisotopic (exact) mass is 307 g/mol. The number of hydrogen-bond acceptors (Lipinski definition) is 3. The molecule has 1 aromatic rings. The van der Waals surface area contributed by atoms with Gasteiger partial charge in [0.15, 0.2) is 0 Å². The van der Waals surface area contributed by atoms with Crippen LogP contribution in [0.15, 0.2) is 30.3 Å². The molecule has 5 nitrogen and oxygen atoms in total. The molecule has 0 saturated heterocycles. The van der Waals surface area contributed by atoms with Crippen molar-refractivity contribution >= 4 is 29.0 Å². The van der Waals surface area contributed by atoms with Crippen molar-refractivity contribution in [3.8, 4) is 0 Å². The number of nitrogens with two attached hydrogens (primary N) is 1. The van der Waals surface area contributed by atoms with Crippen LogP contribution in [0, 0.1) is 5.92 Å². The topological polar surface area (TPSA) is 75.4 Å². The summed E-state index contributed by atoms with van der Waals surface area (Å²) in [4.78, 5) is 25.5. The number of benzene rings is 1. The summed E-state index contributed by atoms with van der Waals surface area (Å²) in [6.07, 6.45) is 0.430. The fourth-order valence-corrected chi connectivity index (χ4v) is 1.96. The number of amides is 2. The van der Waals surface area contributed by atoms with Gasteiger partial charge in [0.2, 0.25) is 11.8 Å². The molecule has 0 aliphatic heterocycles. The first-order chi connectivity index (χ1) is 9.95. The molecule has 0 aliphatic rings. The summed E-state index contributed by atoms with van der Waals surface area (Å²) in [5.41, 5.74) is 6.63. The predicted octanol–water partition coefficient (Wildman–Crippen LogP) is 0.726. The first kappa shape index (κ1) is 17.1. The van der Waals surface area contributed by atoms with Crippen LogP contribution in [0.1, 0.15) is 12.5 Å². The third kappa shape index (κ3) is 5.51. The second-order valence-corrected chi connectivity index (χ2v) is 5.24. The van der Waals surface area contributed by atoms with E-state index in [2.05, 4.69) is 5.32 Å². The van der Waals surface area contributed by atoms with Crippen molar-refractivity contribution in [1.82, 2.24) is 10.2 Å². The van der Waals surface area contributed by atoms with Gasteiger partial charge in [0.1, 0.15) is 0 Å². The van der Waals surface area contributed by atoms with E-state index in [1.807, 2.05) is 37.3 Å². The van der Waals surface area contributed by atoms with Gasteiger partial charge in [-0.2, -0.15) is 0 Å². The van der Waals surface area contributed by atoms with Crippen molar-refractivity contribution in [2.24, 2.45) is 11.7 Å². The minimum absolute atomic E-state index is 0.0446. The van der Waals surface area contributed by atoms with Crippen molar-refractivity contribution in [2.45, 2.75) is 13.3 Å². The zero-order chi connectivity index (χ0) is 15.8.